The molecule has 6 nitrogen and oxygen atoms in total. The lowest BCUT2D eigenvalue weighted by Gasteiger charge is -2.46. The Morgan fingerprint density at radius 1 is 1.09 bits per heavy atom. The standard InChI is InChI=1S/C26H31FN2O4/c1-19(30)29-14-13-28(18-23(29)21-8-4-6-10-24(21)32-2)25(31)26(11-15-33-16-12-26)17-20-7-3-5-9-22(20)27/h3-10,23H,11-18H2,1-2H3/t23-/m0/s1. The molecule has 2 amide bonds. The number of para-hydroxylation sites is 1. The van der Waals surface area contributed by atoms with Crippen molar-refractivity contribution in [1.29, 1.82) is 0 Å². The predicted octanol–water partition coefficient (Wildman–Crippen LogP) is 3.61. The quantitative estimate of drug-likeness (QED) is 0.693. The van der Waals surface area contributed by atoms with Crippen LogP contribution in [-0.4, -0.2) is 61.6 Å². The van der Waals surface area contributed by atoms with E-state index in [4.69, 9.17) is 9.47 Å². The van der Waals surface area contributed by atoms with E-state index < -0.39 is 5.41 Å². The van der Waals surface area contributed by atoms with Crippen LogP contribution in [0.25, 0.3) is 0 Å². The molecule has 2 aliphatic rings. The Bertz CT molecular complexity index is 1010. The minimum atomic E-state index is -0.718. The molecule has 7 heteroatoms. The highest BCUT2D eigenvalue weighted by Crippen LogP contribution is 2.39. The van der Waals surface area contributed by atoms with Gasteiger partial charge in [-0.05, 0) is 37.0 Å². The summed E-state index contributed by atoms with van der Waals surface area (Å²) in [5, 5.41) is 0. The van der Waals surface area contributed by atoms with Gasteiger partial charge in [0.05, 0.1) is 18.6 Å². The van der Waals surface area contributed by atoms with Gasteiger partial charge >= 0.3 is 0 Å². The summed E-state index contributed by atoms with van der Waals surface area (Å²) in [5.74, 6) is 0.377. The Hall–Kier alpha value is -2.93. The molecule has 0 saturated carbocycles. The van der Waals surface area contributed by atoms with E-state index in [2.05, 4.69) is 0 Å². The molecule has 0 aliphatic carbocycles. The van der Waals surface area contributed by atoms with Gasteiger partial charge in [-0.25, -0.2) is 4.39 Å². The number of ether oxygens (including phenoxy) is 2. The minimum absolute atomic E-state index is 0.0113. The molecule has 2 aromatic rings. The fourth-order valence-corrected chi connectivity index (χ4v) is 5.12. The number of hydrogen-bond donors (Lipinski definition) is 0. The number of carbonyl (C=O) groups excluding carboxylic acids is 2. The zero-order valence-electron chi connectivity index (χ0n) is 19.3. The monoisotopic (exact) mass is 454 g/mol. The maximum absolute atomic E-state index is 14.5. The van der Waals surface area contributed by atoms with Crippen LogP contribution < -0.4 is 4.74 Å². The van der Waals surface area contributed by atoms with E-state index in [0.29, 0.717) is 63.4 Å². The van der Waals surface area contributed by atoms with Crippen molar-refractivity contribution in [3.8, 4) is 5.75 Å². The van der Waals surface area contributed by atoms with E-state index >= 15 is 0 Å². The van der Waals surface area contributed by atoms with Crippen LogP contribution >= 0.6 is 0 Å². The molecule has 176 valence electrons. The third kappa shape index (κ3) is 4.74. The Morgan fingerprint density at radius 2 is 1.79 bits per heavy atom. The van der Waals surface area contributed by atoms with Crippen LogP contribution in [0.3, 0.4) is 0 Å². The number of piperazine rings is 1. The Kier molecular flexibility index (Phi) is 6.98. The summed E-state index contributed by atoms with van der Waals surface area (Å²) in [5.41, 5.74) is 0.712. The van der Waals surface area contributed by atoms with Crippen LogP contribution in [0, 0.1) is 11.2 Å². The first-order valence-electron chi connectivity index (χ1n) is 11.5. The van der Waals surface area contributed by atoms with Gasteiger partial charge in [0.15, 0.2) is 0 Å². The van der Waals surface area contributed by atoms with Gasteiger partial charge in [-0.3, -0.25) is 9.59 Å². The average Bonchev–Trinajstić information content (AvgIpc) is 2.85. The van der Waals surface area contributed by atoms with Crippen LogP contribution in [0.15, 0.2) is 48.5 Å². The summed E-state index contributed by atoms with van der Waals surface area (Å²) < 4.78 is 25.6. The lowest BCUT2D eigenvalue weighted by Crippen LogP contribution is -2.56. The van der Waals surface area contributed by atoms with E-state index in [1.807, 2.05) is 29.2 Å². The maximum Gasteiger partial charge on any atom is 0.229 e. The molecule has 0 unspecified atom stereocenters. The van der Waals surface area contributed by atoms with Gasteiger partial charge in [0.25, 0.3) is 0 Å². The fraction of sp³-hybridized carbons (Fsp3) is 0.462. The van der Waals surface area contributed by atoms with Crippen LogP contribution in [0.1, 0.15) is 36.9 Å². The van der Waals surface area contributed by atoms with Crippen molar-refractivity contribution in [2.24, 2.45) is 5.41 Å². The number of nitrogens with zero attached hydrogens (tertiary/aromatic N) is 2. The summed E-state index contributed by atoms with van der Waals surface area (Å²) in [6.07, 6.45) is 1.44. The van der Waals surface area contributed by atoms with Crippen molar-refractivity contribution in [2.75, 3.05) is 40.0 Å². The molecule has 0 spiro atoms. The third-order valence-electron chi connectivity index (χ3n) is 6.96. The summed E-state index contributed by atoms with van der Waals surface area (Å²) in [4.78, 5) is 30.1. The van der Waals surface area contributed by atoms with E-state index in [0.717, 1.165) is 5.56 Å². The van der Waals surface area contributed by atoms with Crippen LogP contribution in [0.4, 0.5) is 4.39 Å². The second-order valence-electron chi connectivity index (χ2n) is 8.88. The first kappa shape index (κ1) is 23.2. The van der Waals surface area contributed by atoms with E-state index in [1.165, 1.54) is 6.07 Å². The lowest BCUT2D eigenvalue weighted by molar-refractivity contribution is -0.154. The number of rotatable bonds is 5. The number of hydrogen-bond acceptors (Lipinski definition) is 4. The molecule has 2 aromatic carbocycles. The Labute approximate surface area is 194 Å². The number of methoxy groups -OCH3 is 1. The zero-order valence-corrected chi connectivity index (χ0v) is 19.3. The van der Waals surface area contributed by atoms with E-state index in [-0.39, 0.29) is 23.7 Å². The van der Waals surface area contributed by atoms with Gasteiger partial charge in [-0.1, -0.05) is 36.4 Å². The molecule has 2 aliphatic heterocycles. The van der Waals surface area contributed by atoms with Gasteiger partial charge < -0.3 is 19.3 Å². The van der Waals surface area contributed by atoms with Crippen molar-refractivity contribution >= 4 is 11.8 Å². The highest BCUT2D eigenvalue weighted by Gasteiger charge is 2.45. The Balaban J connectivity index is 1.64. The molecule has 2 saturated heterocycles. The predicted molar refractivity (Wildman–Crippen MR) is 122 cm³/mol. The molecule has 0 N–H and O–H groups in total. The highest BCUT2D eigenvalue weighted by atomic mass is 19.1. The molecule has 0 bridgehead atoms. The van der Waals surface area contributed by atoms with Gasteiger partial charge in [-0.2, -0.15) is 0 Å². The van der Waals surface area contributed by atoms with Crippen molar-refractivity contribution in [1.82, 2.24) is 9.80 Å². The number of halogens is 1. The van der Waals surface area contributed by atoms with E-state index in [9.17, 15) is 14.0 Å². The summed E-state index contributed by atoms with van der Waals surface area (Å²) in [7, 11) is 1.61. The second kappa shape index (κ2) is 9.91. The average molecular weight is 455 g/mol. The Morgan fingerprint density at radius 3 is 2.48 bits per heavy atom. The number of benzene rings is 2. The summed E-state index contributed by atoms with van der Waals surface area (Å²) in [6.45, 7) is 3.77. The zero-order chi connectivity index (χ0) is 23.4. The molecule has 2 heterocycles. The molecule has 1 atom stereocenters. The highest BCUT2D eigenvalue weighted by molar-refractivity contribution is 5.84. The normalized spacial score (nSPS) is 20.4. The minimum Gasteiger partial charge on any atom is -0.496 e. The molecule has 2 fully saturated rings. The molecule has 4 rings (SSSR count). The van der Waals surface area contributed by atoms with Crippen LogP contribution in [0.2, 0.25) is 0 Å². The fourth-order valence-electron chi connectivity index (χ4n) is 5.12. The molecular weight excluding hydrogens is 423 g/mol. The lowest BCUT2D eigenvalue weighted by atomic mass is 9.73. The van der Waals surface area contributed by atoms with Gasteiger partial charge in [0.1, 0.15) is 11.6 Å². The maximum atomic E-state index is 14.5. The third-order valence-corrected chi connectivity index (χ3v) is 6.96. The van der Waals surface area contributed by atoms with Crippen LogP contribution in [0.5, 0.6) is 5.75 Å². The van der Waals surface area contributed by atoms with E-state index in [1.54, 1.807) is 37.1 Å². The van der Waals surface area contributed by atoms with Crippen molar-refractivity contribution in [2.45, 2.75) is 32.2 Å². The first-order valence-corrected chi connectivity index (χ1v) is 11.5. The molecular formula is C26H31FN2O4. The van der Waals surface area contributed by atoms with Gasteiger partial charge in [-0.15, -0.1) is 0 Å². The number of amides is 2. The topological polar surface area (TPSA) is 59.1 Å². The second-order valence-corrected chi connectivity index (χ2v) is 8.88. The number of carbonyl (C=O) groups is 2. The molecule has 0 radical (unpaired) electrons. The van der Waals surface area contributed by atoms with Crippen molar-refractivity contribution in [3.63, 3.8) is 0 Å². The summed E-state index contributed by atoms with van der Waals surface area (Å²) in [6, 6.07) is 14.0. The largest absolute Gasteiger partial charge is 0.496 e. The van der Waals surface area contributed by atoms with Gasteiger partial charge in [0, 0.05) is 45.3 Å². The molecule has 33 heavy (non-hydrogen) atoms. The van der Waals surface area contributed by atoms with Crippen molar-refractivity contribution < 1.29 is 23.5 Å². The molecule has 0 aromatic heterocycles. The van der Waals surface area contributed by atoms with Gasteiger partial charge in [0.2, 0.25) is 11.8 Å². The first-order chi connectivity index (χ1) is 15.9. The van der Waals surface area contributed by atoms with Crippen LogP contribution in [-0.2, 0) is 20.7 Å². The smallest absolute Gasteiger partial charge is 0.229 e. The van der Waals surface area contributed by atoms with Crippen molar-refractivity contribution in [3.05, 3.63) is 65.5 Å². The SMILES string of the molecule is COc1ccccc1[C@@H]1CN(C(=O)C2(Cc3ccccc3F)CCOCC2)CCN1C(C)=O. The summed E-state index contributed by atoms with van der Waals surface area (Å²) >= 11 is 0.